The summed E-state index contributed by atoms with van der Waals surface area (Å²) < 4.78 is 13.7. The highest BCUT2D eigenvalue weighted by molar-refractivity contribution is 7.99. The number of carbonyl (C=O) groups is 2. The first-order chi connectivity index (χ1) is 14.5. The Morgan fingerprint density at radius 2 is 2.03 bits per heavy atom. The molecule has 1 aromatic carbocycles. The largest absolute Gasteiger partial charge is 0.486 e. The molecule has 0 radical (unpaired) electrons. The summed E-state index contributed by atoms with van der Waals surface area (Å²) in [7, 11) is 1.76. The van der Waals surface area contributed by atoms with Gasteiger partial charge in [0.25, 0.3) is 0 Å². The first-order valence-electron chi connectivity index (χ1n) is 9.98. The van der Waals surface area contributed by atoms with Crippen molar-refractivity contribution in [2.45, 2.75) is 43.0 Å². The van der Waals surface area contributed by atoms with Crippen LogP contribution in [0.2, 0.25) is 0 Å². The Hall–Kier alpha value is -2.75. The molecule has 4 rings (SSSR count). The summed E-state index contributed by atoms with van der Waals surface area (Å²) in [5, 5.41) is 9.16. The van der Waals surface area contributed by atoms with Crippen LogP contribution in [-0.2, 0) is 16.0 Å². The lowest BCUT2D eigenvalue weighted by Crippen LogP contribution is -2.42. The number of aryl methyl sites for hydroxylation is 1. The number of nitrogens with zero attached hydrogens (tertiary/aromatic N) is 4. The van der Waals surface area contributed by atoms with Crippen LogP contribution in [0.3, 0.4) is 0 Å². The van der Waals surface area contributed by atoms with Gasteiger partial charge in [-0.1, -0.05) is 23.9 Å². The fraction of sp³-hybridized carbons (Fsp3) is 0.500. The van der Waals surface area contributed by atoms with Crippen LogP contribution in [0.5, 0.6) is 11.5 Å². The predicted octanol–water partition coefficient (Wildman–Crippen LogP) is 1.42. The number of nitrogens with two attached hydrogens (primary N) is 1. The van der Waals surface area contributed by atoms with E-state index in [1.165, 1.54) is 11.8 Å². The van der Waals surface area contributed by atoms with Crippen LogP contribution in [0.1, 0.15) is 31.1 Å². The number of hydrogen-bond donors (Lipinski definition) is 1. The Labute approximate surface area is 178 Å². The molecular weight excluding hydrogens is 406 g/mol. The molecule has 1 atom stereocenters. The van der Waals surface area contributed by atoms with Gasteiger partial charge in [-0.05, 0) is 25.0 Å². The van der Waals surface area contributed by atoms with Crippen molar-refractivity contribution in [2.24, 2.45) is 5.73 Å². The molecule has 0 saturated heterocycles. The normalized spacial score (nSPS) is 17.6. The van der Waals surface area contributed by atoms with Crippen molar-refractivity contribution in [3.8, 4) is 11.5 Å². The summed E-state index contributed by atoms with van der Waals surface area (Å²) >= 11 is 1.37. The molecule has 2 aliphatic rings. The molecule has 1 fully saturated rings. The van der Waals surface area contributed by atoms with Crippen LogP contribution in [0.15, 0.2) is 29.4 Å². The van der Waals surface area contributed by atoms with E-state index in [0.29, 0.717) is 36.5 Å². The summed E-state index contributed by atoms with van der Waals surface area (Å²) in [4.78, 5) is 25.4. The molecule has 1 aliphatic heterocycles. The number of benzene rings is 1. The molecule has 9 nitrogen and oxygen atoms in total. The number of fused-ring (bicyclic) bond motifs is 1. The van der Waals surface area contributed by atoms with Crippen LogP contribution in [0.4, 0.5) is 0 Å². The van der Waals surface area contributed by atoms with Gasteiger partial charge in [0.15, 0.2) is 22.8 Å². The van der Waals surface area contributed by atoms with Gasteiger partial charge in [0, 0.05) is 25.9 Å². The van der Waals surface area contributed by atoms with E-state index in [2.05, 4.69) is 14.8 Å². The lowest BCUT2D eigenvalue weighted by molar-refractivity contribution is -0.128. The zero-order valence-electron chi connectivity index (χ0n) is 16.8. The standard InChI is InChI=1S/C20H25N5O4S/c1-24(10-14-11-28-15-4-2-3-5-16(15)29-14)19(27)12-30-20-23-22-18(9-8-17(21)26)25(20)13-6-7-13/h2-5,13-14H,6-12H2,1H3,(H2,21,26). The summed E-state index contributed by atoms with van der Waals surface area (Å²) in [6, 6.07) is 7.87. The molecule has 2 aromatic rings. The Bertz CT molecular complexity index is 930. The predicted molar refractivity (Wildman–Crippen MR) is 111 cm³/mol. The summed E-state index contributed by atoms with van der Waals surface area (Å²) in [6.45, 7) is 0.841. The number of carbonyl (C=O) groups excluding carboxylic acids is 2. The maximum Gasteiger partial charge on any atom is 0.232 e. The van der Waals surface area contributed by atoms with Crippen LogP contribution < -0.4 is 15.2 Å². The average molecular weight is 432 g/mol. The van der Waals surface area contributed by atoms with Crippen molar-refractivity contribution in [1.29, 1.82) is 0 Å². The second kappa shape index (κ2) is 8.95. The smallest absolute Gasteiger partial charge is 0.232 e. The van der Waals surface area contributed by atoms with Crippen molar-refractivity contribution in [3.63, 3.8) is 0 Å². The van der Waals surface area contributed by atoms with E-state index in [1.807, 2.05) is 24.3 Å². The lowest BCUT2D eigenvalue weighted by Gasteiger charge is -2.29. The molecule has 1 unspecified atom stereocenters. The molecular formula is C20H25N5O4S. The first kappa shape index (κ1) is 20.5. The highest BCUT2D eigenvalue weighted by atomic mass is 32.2. The van der Waals surface area contributed by atoms with Gasteiger partial charge in [-0.2, -0.15) is 0 Å². The number of rotatable bonds is 9. The number of amides is 2. The third kappa shape index (κ3) is 4.86. The van der Waals surface area contributed by atoms with E-state index in [9.17, 15) is 9.59 Å². The molecule has 2 N–H and O–H groups in total. The molecule has 0 spiro atoms. The quantitative estimate of drug-likeness (QED) is 0.598. The molecule has 1 aromatic heterocycles. The van der Waals surface area contributed by atoms with Crippen molar-refractivity contribution < 1.29 is 19.1 Å². The second-order valence-corrected chi connectivity index (χ2v) is 8.47. The van der Waals surface area contributed by atoms with Crippen LogP contribution in [0, 0.1) is 0 Å². The summed E-state index contributed by atoms with van der Waals surface area (Å²) in [6.07, 6.45) is 2.61. The van der Waals surface area contributed by atoms with Crippen LogP contribution in [-0.4, -0.2) is 63.5 Å². The van der Waals surface area contributed by atoms with E-state index >= 15 is 0 Å². The third-order valence-electron chi connectivity index (χ3n) is 5.04. The second-order valence-electron chi connectivity index (χ2n) is 7.53. The topological polar surface area (TPSA) is 113 Å². The van der Waals surface area contributed by atoms with Crippen LogP contribution in [0.25, 0.3) is 0 Å². The van der Waals surface area contributed by atoms with Gasteiger partial charge >= 0.3 is 0 Å². The summed E-state index contributed by atoms with van der Waals surface area (Å²) in [5.41, 5.74) is 5.25. The minimum absolute atomic E-state index is 0.0218. The van der Waals surface area contributed by atoms with Gasteiger partial charge in [-0.3, -0.25) is 9.59 Å². The van der Waals surface area contributed by atoms with Crippen molar-refractivity contribution >= 4 is 23.6 Å². The zero-order chi connectivity index (χ0) is 21.1. The third-order valence-corrected chi connectivity index (χ3v) is 5.97. The monoisotopic (exact) mass is 431 g/mol. The van der Waals surface area contributed by atoms with Gasteiger partial charge in [0.1, 0.15) is 12.4 Å². The number of hydrogen-bond acceptors (Lipinski definition) is 7. The van der Waals surface area contributed by atoms with E-state index < -0.39 is 0 Å². The van der Waals surface area contributed by atoms with Gasteiger partial charge in [-0.15, -0.1) is 10.2 Å². The number of primary amides is 1. The fourth-order valence-corrected chi connectivity index (χ4v) is 4.27. The number of thioether (sulfide) groups is 1. The van der Waals surface area contributed by atoms with E-state index in [0.717, 1.165) is 24.4 Å². The highest BCUT2D eigenvalue weighted by Gasteiger charge is 2.30. The molecule has 1 saturated carbocycles. The minimum atomic E-state index is -0.358. The maximum absolute atomic E-state index is 12.6. The van der Waals surface area contributed by atoms with Crippen molar-refractivity contribution in [2.75, 3.05) is 26.0 Å². The number of para-hydroxylation sites is 2. The number of ether oxygens (including phenoxy) is 2. The Balaban J connectivity index is 1.31. The molecule has 2 amide bonds. The SMILES string of the molecule is CN(CC1COc2ccccc2O1)C(=O)CSc1nnc(CCC(N)=O)n1C1CC1. The molecule has 10 heteroatoms. The Morgan fingerprint density at radius 3 is 2.77 bits per heavy atom. The fourth-order valence-electron chi connectivity index (χ4n) is 3.31. The number of likely N-dealkylation sites (N-methyl/N-ethyl adjacent to an activating group) is 1. The zero-order valence-corrected chi connectivity index (χ0v) is 17.6. The van der Waals surface area contributed by atoms with Crippen LogP contribution >= 0.6 is 11.8 Å². The van der Waals surface area contributed by atoms with Crippen molar-refractivity contribution in [1.82, 2.24) is 19.7 Å². The van der Waals surface area contributed by atoms with E-state index in [-0.39, 0.29) is 30.1 Å². The molecule has 0 bridgehead atoms. The van der Waals surface area contributed by atoms with E-state index in [4.69, 9.17) is 15.2 Å². The molecule has 160 valence electrons. The first-order valence-corrected chi connectivity index (χ1v) is 11.0. The molecule has 2 heterocycles. The molecule has 30 heavy (non-hydrogen) atoms. The molecule has 1 aliphatic carbocycles. The Morgan fingerprint density at radius 1 is 1.27 bits per heavy atom. The Kier molecular flexibility index (Phi) is 6.12. The maximum atomic E-state index is 12.6. The highest BCUT2D eigenvalue weighted by Crippen LogP contribution is 2.39. The summed E-state index contributed by atoms with van der Waals surface area (Å²) in [5.74, 6) is 2.05. The average Bonchev–Trinajstić information content (AvgIpc) is 3.50. The van der Waals surface area contributed by atoms with Gasteiger partial charge in [-0.25, -0.2) is 0 Å². The lowest BCUT2D eigenvalue weighted by atomic mass is 10.2. The van der Waals surface area contributed by atoms with Gasteiger partial charge in [0.05, 0.1) is 12.3 Å². The van der Waals surface area contributed by atoms with Crippen molar-refractivity contribution in [3.05, 3.63) is 30.1 Å². The van der Waals surface area contributed by atoms with E-state index in [1.54, 1.807) is 11.9 Å². The van der Waals surface area contributed by atoms with Gasteiger partial charge in [0.2, 0.25) is 11.8 Å². The minimum Gasteiger partial charge on any atom is -0.486 e. The number of aromatic nitrogens is 3. The van der Waals surface area contributed by atoms with Gasteiger partial charge < -0.3 is 24.7 Å².